The molecular formula is C27H27BrN2O5. The number of aromatic nitrogens is 1. The van der Waals surface area contributed by atoms with Crippen LogP contribution in [0.15, 0.2) is 71.5 Å². The number of halogens is 1. The lowest BCUT2D eigenvalue weighted by Crippen LogP contribution is -2.52. The van der Waals surface area contributed by atoms with Crippen LogP contribution >= 0.6 is 15.9 Å². The van der Waals surface area contributed by atoms with Crippen LogP contribution in [0.1, 0.15) is 29.5 Å². The first-order chi connectivity index (χ1) is 16.8. The summed E-state index contributed by atoms with van der Waals surface area (Å²) < 4.78 is 13.1. The minimum atomic E-state index is -2.00. The van der Waals surface area contributed by atoms with E-state index in [4.69, 9.17) is 9.47 Å². The molecule has 1 fully saturated rings. The number of nitrogens with zero attached hydrogens (tertiary/aromatic N) is 2. The molecule has 2 N–H and O–H groups in total. The van der Waals surface area contributed by atoms with Crippen molar-refractivity contribution in [3.05, 3.63) is 88.2 Å². The lowest BCUT2D eigenvalue weighted by Gasteiger charge is -2.40. The molecule has 0 spiro atoms. The Morgan fingerprint density at radius 3 is 2.49 bits per heavy atom. The highest BCUT2D eigenvalue weighted by Gasteiger charge is 2.78. The number of hydrogen-bond acceptors (Lipinski definition) is 6. The number of ether oxygens (including phenoxy) is 2. The van der Waals surface area contributed by atoms with Crippen LogP contribution in [0.4, 0.5) is 0 Å². The van der Waals surface area contributed by atoms with Crippen molar-refractivity contribution in [2.24, 2.45) is 5.92 Å². The molecule has 4 unspecified atom stereocenters. The van der Waals surface area contributed by atoms with Crippen molar-refractivity contribution < 1.29 is 24.5 Å². The molecular weight excluding hydrogens is 512 g/mol. The highest BCUT2D eigenvalue weighted by Crippen LogP contribution is 2.69. The van der Waals surface area contributed by atoms with E-state index in [2.05, 4.69) is 20.9 Å². The number of pyridine rings is 1. The molecule has 0 saturated heterocycles. The normalized spacial score (nSPS) is 28.7. The molecule has 8 heteroatoms. The van der Waals surface area contributed by atoms with Crippen LogP contribution in [-0.2, 0) is 16.0 Å². The summed E-state index contributed by atoms with van der Waals surface area (Å²) >= 11 is 3.48. The van der Waals surface area contributed by atoms with Crippen LogP contribution in [0.3, 0.4) is 0 Å². The zero-order valence-corrected chi connectivity index (χ0v) is 21.3. The van der Waals surface area contributed by atoms with E-state index in [0.717, 1.165) is 10.0 Å². The van der Waals surface area contributed by atoms with Crippen molar-refractivity contribution in [1.29, 1.82) is 0 Å². The molecule has 0 radical (unpaired) electrons. The first kappa shape index (κ1) is 23.8. The Labute approximate surface area is 212 Å². The van der Waals surface area contributed by atoms with E-state index >= 15 is 0 Å². The Kier molecular flexibility index (Phi) is 5.86. The molecule has 0 bridgehead atoms. The zero-order valence-electron chi connectivity index (χ0n) is 19.7. The minimum absolute atomic E-state index is 0.272. The first-order valence-electron chi connectivity index (χ1n) is 11.5. The van der Waals surface area contributed by atoms with Gasteiger partial charge in [-0.2, -0.15) is 0 Å². The van der Waals surface area contributed by atoms with Gasteiger partial charge in [0.15, 0.2) is 11.2 Å². The highest BCUT2D eigenvalue weighted by atomic mass is 79.9. The van der Waals surface area contributed by atoms with Crippen LogP contribution in [-0.4, -0.2) is 52.8 Å². The largest absolute Gasteiger partial charge is 0.495 e. The summed E-state index contributed by atoms with van der Waals surface area (Å²) in [5.74, 6) is -1.38. The van der Waals surface area contributed by atoms with Gasteiger partial charge in [-0.3, -0.25) is 9.78 Å². The smallest absolute Gasteiger partial charge is 0.228 e. The summed E-state index contributed by atoms with van der Waals surface area (Å²) in [6.07, 6.45) is 1.50. The SMILES string of the molecule is CCN(C)C(=O)C1C(c2ccccc2)C2(c3ccc(Br)cc3)Oc3cncc(OC)c3C2(O)[C@@H]1O. The van der Waals surface area contributed by atoms with Crippen molar-refractivity contribution in [2.45, 2.75) is 30.1 Å². The number of aliphatic hydroxyl groups is 2. The van der Waals surface area contributed by atoms with Crippen LogP contribution in [0.25, 0.3) is 0 Å². The summed E-state index contributed by atoms with van der Waals surface area (Å²) in [6.45, 7) is 2.33. The third-order valence-corrected chi connectivity index (χ3v) is 7.98. The fourth-order valence-corrected chi connectivity index (χ4v) is 6.04. The highest BCUT2D eigenvalue weighted by molar-refractivity contribution is 9.10. The monoisotopic (exact) mass is 538 g/mol. The summed E-state index contributed by atoms with van der Waals surface area (Å²) in [7, 11) is 3.17. The number of rotatable bonds is 5. The standard InChI is InChI=1S/C27H27BrN2O5/c1-4-30(2)25(32)21-22(16-8-6-5-7-9-16)27(17-10-12-18(28)13-11-17)26(33,24(21)31)23-19(34-3)14-29-15-20(23)35-27/h5-15,21-22,24,31,33H,4H2,1-3H3/t21?,22?,24-,26?,27?/m1/s1. The summed E-state index contributed by atoms with van der Waals surface area (Å²) in [5.41, 5.74) is -1.83. The van der Waals surface area contributed by atoms with Gasteiger partial charge in [-0.05, 0) is 30.2 Å². The summed E-state index contributed by atoms with van der Waals surface area (Å²) in [6, 6.07) is 16.9. The lowest BCUT2D eigenvalue weighted by atomic mass is 9.70. The average Bonchev–Trinajstić information content (AvgIpc) is 3.27. The molecule has 5 atom stereocenters. The van der Waals surface area contributed by atoms with E-state index in [1.165, 1.54) is 19.5 Å². The van der Waals surface area contributed by atoms with Gasteiger partial charge < -0.3 is 24.6 Å². The molecule has 2 aliphatic rings. The average molecular weight is 539 g/mol. The molecule has 5 rings (SSSR count). The minimum Gasteiger partial charge on any atom is -0.495 e. The van der Waals surface area contributed by atoms with Crippen molar-refractivity contribution in [2.75, 3.05) is 20.7 Å². The Morgan fingerprint density at radius 1 is 1.17 bits per heavy atom. The first-order valence-corrected chi connectivity index (χ1v) is 12.3. The van der Waals surface area contributed by atoms with E-state index in [1.807, 2.05) is 61.5 Å². The van der Waals surface area contributed by atoms with Gasteiger partial charge in [-0.15, -0.1) is 0 Å². The second-order valence-corrected chi connectivity index (χ2v) is 9.95. The second kappa shape index (κ2) is 8.62. The summed E-state index contributed by atoms with van der Waals surface area (Å²) in [4.78, 5) is 19.6. The number of hydrogen-bond donors (Lipinski definition) is 2. The fourth-order valence-electron chi connectivity index (χ4n) is 5.78. The lowest BCUT2D eigenvalue weighted by molar-refractivity contribution is -0.156. The molecule has 1 aliphatic carbocycles. The maximum Gasteiger partial charge on any atom is 0.228 e. The molecule has 3 aromatic rings. The maximum atomic E-state index is 13.8. The molecule has 182 valence electrons. The number of carbonyl (C=O) groups is 1. The second-order valence-electron chi connectivity index (χ2n) is 9.04. The third kappa shape index (κ3) is 3.16. The molecule has 1 amide bonds. The quantitative estimate of drug-likeness (QED) is 0.515. The molecule has 2 aromatic carbocycles. The van der Waals surface area contributed by atoms with E-state index < -0.39 is 29.1 Å². The van der Waals surface area contributed by atoms with Gasteiger partial charge in [0.05, 0.1) is 31.0 Å². The van der Waals surface area contributed by atoms with E-state index in [-0.39, 0.29) is 11.7 Å². The Hall–Kier alpha value is -2.94. The predicted octanol–water partition coefficient (Wildman–Crippen LogP) is 3.58. The molecule has 1 aromatic heterocycles. The molecule has 1 aliphatic heterocycles. The Bertz CT molecular complexity index is 1250. The van der Waals surface area contributed by atoms with Crippen molar-refractivity contribution >= 4 is 21.8 Å². The van der Waals surface area contributed by atoms with E-state index in [0.29, 0.717) is 23.4 Å². The van der Waals surface area contributed by atoms with Crippen LogP contribution < -0.4 is 9.47 Å². The Balaban J connectivity index is 1.87. The van der Waals surface area contributed by atoms with Crippen LogP contribution in [0.5, 0.6) is 11.5 Å². The van der Waals surface area contributed by atoms with E-state index in [1.54, 1.807) is 11.9 Å². The molecule has 2 heterocycles. The number of fused-ring (bicyclic) bond motifs is 3. The van der Waals surface area contributed by atoms with Gasteiger partial charge in [0.25, 0.3) is 0 Å². The van der Waals surface area contributed by atoms with E-state index in [9.17, 15) is 15.0 Å². The molecule has 35 heavy (non-hydrogen) atoms. The van der Waals surface area contributed by atoms with Crippen molar-refractivity contribution in [3.63, 3.8) is 0 Å². The number of methoxy groups -OCH3 is 1. The number of carbonyl (C=O) groups excluding carboxylic acids is 1. The Morgan fingerprint density at radius 2 is 1.86 bits per heavy atom. The maximum absolute atomic E-state index is 13.8. The molecule has 1 saturated carbocycles. The predicted molar refractivity (Wildman–Crippen MR) is 133 cm³/mol. The van der Waals surface area contributed by atoms with Crippen LogP contribution in [0, 0.1) is 5.92 Å². The zero-order chi connectivity index (χ0) is 25.0. The summed E-state index contributed by atoms with van der Waals surface area (Å²) in [5, 5.41) is 24.6. The van der Waals surface area contributed by atoms with Crippen molar-refractivity contribution in [1.82, 2.24) is 9.88 Å². The van der Waals surface area contributed by atoms with Crippen LogP contribution in [0.2, 0.25) is 0 Å². The fraction of sp³-hybridized carbons (Fsp3) is 0.333. The van der Waals surface area contributed by atoms with Gasteiger partial charge in [-0.25, -0.2) is 0 Å². The number of aliphatic hydroxyl groups excluding tert-OH is 1. The number of benzene rings is 2. The van der Waals surface area contributed by atoms with Gasteiger partial charge in [0, 0.05) is 24.0 Å². The van der Waals surface area contributed by atoms with Gasteiger partial charge >= 0.3 is 0 Å². The third-order valence-electron chi connectivity index (χ3n) is 7.45. The van der Waals surface area contributed by atoms with Gasteiger partial charge in [-0.1, -0.05) is 58.4 Å². The van der Waals surface area contributed by atoms with Gasteiger partial charge in [0.2, 0.25) is 5.91 Å². The van der Waals surface area contributed by atoms with Gasteiger partial charge in [0.1, 0.15) is 17.6 Å². The number of amides is 1. The molecule has 7 nitrogen and oxygen atoms in total. The van der Waals surface area contributed by atoms with Crippen molar-refractivity contribution in [3.8, 4) is 11.5 Å². The topological polar surface area (TPSA) is 92.1 Å².